The van der Waals surface area contributed by atoms with E-state index in [1.807, 2.05) is 51.1 Å². The molecule has 0 unspecified atom stereocenters. The molecule has 3 aromatic heterocycles. The molecule has 3 heterocycles. The number of nitrogens with one attached hydrogen (secondary N) is 2. The Kier molecular flexibility index (Phi) is 5.39. The summed E-state index contributed by atoms with van der Waals surface area (Å²) >= 11 is 2.48. The summed E-state index contributed by atoms with van der Waals surface area (Å²) in [5.74, 6) is -0.186. The average molecular weight is 442 g/mol. The summed E-state index contributed by atoms with van der Waals surface area (Å²) in [4.78, 5) is 31.9. The predicted octanol–water partition coefficient (Wildman–Crippen LogP) is 2.99. The zero-order valence-corrected chi connectivity index (χ0v) is 18.2. The van der Waals surface area contributed by atoms with Crippen molar-refractivity contribution in [2.75, 3.05) is 11.1 Å². The number of thioether (sulfide) groups is 1. The Morgan fingerprint density at radius 2 is 2.00 bits per heavy atom. The molecule has 0 radical (unpaired) electrons. The van der Waals surface area contributed by atoms with E-state index in [1.165, 1.54) is 17.5 Å². The number of carbonyl (C=O) groups excluding carboxylic acids is 1. The van der Waals surface area contributed by atoms with Crippen LogP contribution in [0.2, 0.25) is 0 Å². The van der Waals surface area contributed by atoms with Crippen LogP contribution in [0.4, 0.5) is 5.13 Å². The van der Waals surface area contributed by atoms with Crippen molar-refractivity contribution in [3.05, 3.63) is 51.9 Å². The first kappa shape index (κ1) is 20.2. The Hall–Kier alpha value is -3.05. The lowest BCUT2D eigenvalue weighted by atomic mass is 9.98. The van der Waals surface area contributed by atoms with Crippen molar-refractivity contribution in [1.82, 2.24) is 29.9 Å². The number of carbonyl (C=O) groups is 1. The second-order valence-electron chi connectivity index (χ2n) is 7.50. The van der Waals surface area contributed by atoms with Gasteiger partial charge in [-0.3, -0.25) is 14.9 Å². The van der Waals surface area contributed by atoms with Gasteiger partial charge in [0.15, 0.2) is 10.8 Å². The molecule has 0 bridgehead atoms. The van der Waals surface area contributed by atoms with Gasteiger partial charge in [-0.1, -0.05) is 62.1 Å². The third-order valence-corrected chi connectivity index (χ3v) is 6.21. The summed E-state index contributed by atoms with van der Waals surface area (Å²) in [6.07, 6.45) is 1.48. The van der Waals surface area contributed by atoms with Gasteiger partial charge in [0.05, 0.1) is 17.6 Å². The highest BCUT2D eigenvalue weighted by Crippen LogP contribution is 2.27. The molecule has 1 amide bonds. The number of aromatic amines is 1. The number of amides is 1. The summed E-state index contributed by atoms with van der Waals surface area (Å²) in [5.41, 5.74) is 0.802. The number of aromatic nitrogens is 6. The lowest BCUT2D eigenvalue weighted by Crippen LogP contribution is -2.15. The van der Waals surface area contributed by atoms with Crippen molar-refractivity contribution in [3.63, 3.8) is 0 Å². The van der Waals surface area contributed by atoms with E-state index in [0.717, 1.165) is 22.5 Å². The van der Waals surface area contributed by atoms with Crippen LogP contribution in [0, 0.1) is 0 Å². The second-order valence-corrected chi connectivity index (χ2v) is 9.44. The minimum Gasteiger partial charge on any atom is -0.301 e. The zero-order valence-electron chi connectivity index (χ0n) is 16.5. The lowest BCUT2D eigenvalue weighted by molar-refractivity contribution is -0.113. The molecule has 9 nitrogen and oxygen atoms in total. The molecule has 11 heteroatoms. The van der Waals surface area contributed by atoms with Crippen LogP contribution in [0.3, 0.4) is 0 Å². The van der Waals surface area contributed by atoms with Crippen LogP contribution in [0.5, 0.6) is 0 Å². The molecular weight excluding hydrogens is 422 g/mol. The topological polar surface area (TPSA) is 118 Å². The lowest BCUT2D eigenvalue weighted by Gasteiger charge is -2.12. The Morgan fingerprint density at radius 3 is 2.70 bits per heavy atom. The largest absolute Gasteiger partial charge is 0.301 e. The highest BCUT2D eigenvalue weighted by Gasteiger charge is 2.20. The highest BCUT2D eigenvalue weighted by atomic mass is 32.2. The first-order chi connectivity index (χ1) is 14.3. The number of rotatable bonds is 5. The standard InChI is InChI=1S/C19H19N7O2S2/c1-19(2,3)16-24-25-18(30-16)21-13(27)10-29-17-22-14-12(15(28)23-17)9-20-26(14)11-7-5-4-6-8-11/h4-9H,10H2,1-3H3,(H,21,25,27)(H,22,23,28). The Balaban J connectivity index is 1.49. The predicted molar refractivity (Wildman–Crippen MR) is 117 cm³/mol. The van der Waals surface area contributed by atoms with Crippen molar-refractivity contribution in [2.45, 2.75) is 31.3 Å². The fourth-order valence-corrected chi connectivity index (χ4v) is 4.06. The Morgan fingerprint density at radius 1 is 1.23 bits per heavy atom. The van der Waals surface area contributed by atoms with E-state index in [0.29, 0.717) is 21.3 Å². The van der Waals surface area contributed by atoms with Gasteiger partial charge in [-0.15, -0.1) is 10.2 Å². The van der Waals surface area contributed by atoms with Gasteiger partial charge in [0, 0.05) is 5.41 Å². The van der Waals surface area contributed by atoms with Gasteiger partial charge in [0.2, 0.25) is 11.0 Å². The van der Waals surface area contributed by atoms with Crippen molar-refractivity contribution in [2.24, 2.45) is 0 Å². The molecule has 0 aliphatic heterocycles. The molecule has 4 aromatic rings. The summed E-state index contributed by atoms with van der Waals surface area (Å²) < 4.78 is 1.60. The maximum absolute atomic E-state index is 12.4. The first-order valence-corrected chi connectivity index (χ1v) is 10.9. The Labute approximate surface area is 180 Å². The molecule has 2 N–H and O–H groups in total. The summed E-state index contributed by atoms with van der Waals surface area (Å²) in [6.45, 7) is 6.10. The van der Waals surface area contributed by atoms with Crippen molar-refractivity contribution >= 4 is 45.2 Å². The van der Waals surface area contributed by atoms with Crippen LogP contribution in [0.25, 0.3) is 16.7 Å². The van der Waals surface area contributed by atoms with E-state index in [9.17, 15) is 9.59 Å². The number of hydrogen-bond acceptors (Lipinski definition) is 8. The van der Waals surface area contributed by atoms with E-state index in [4.69, 9.17) is 0 Å². The van der Waals surface area contributed by atoms with Crippen LogP contribution >= 0.6 is 23.1 Å². The molecular formula is C19H19N7O2S2. The summed E-state index contributed by atoms with van der Waals surface area (Å²) in [7, 11) is 0. The van der Waals surface area contributed by atoms with E-state index in [2.05, 4.69) is 30.6 Å². The first-order valence-electron chi connectivity index (χ1n) is 9.11. The number of fused-ring (bicyclic) bond motifs is 1. The van der Waals surface area contributed by atoms with Gasteiger partial charge in [-0.25, -0.2) is 9.67 Å². The van der Waals surface area contributed by atoms with E-state index < -0.39 is 0 Å². The number of hydrogen-bond donors (Lipinski definition) is 2. The fraction of sp³-hybridized carbons (Fsp3) is 0.263. The van der Waals surface area contributed by atoms with Gasteiger partial charge in [-0.05, 0) is 12.1 Å². The van der Waals surface area contributed by atoms with Gasteiger partial charge in [0.25, 0.3) is 5.56 Å². The molecule has 0 fully saturated rings. The quantitative estimate of drug-likeness (QED) is 0.361. The number of anilines is 1. The normalized spacial score (nSPS) is 11.7. The number of nitrogens with zero attached hydrogens (tertiary/aromatic N) is 5. The van der Waals surface area contributed by atoms with Gasteiger partial charge in [0.1, 0.15) is 10.4 Å². The molecule has 0 atom stereocenters. The van der Waals surface area contributed by atoms with Gasteiger partial charge >= 0.3 is 0 Å². The van der Waals surface area contributed by atoms with Crippen LogP contribution in [0.15, 0.2) is 46.5 Å². The third-order valence-electron chi connectivity index (χ3n) is 4.07. The molecule has 4 rings (SSSR count). The van der Waals surface area contributed by atoms with E-state index in [-0.39, 0.29) is 22.6 Å². The molecule has 0 spiro atoms. The maximum Gasteiger partial charge on any atom is 0.262 e. The molecule has 0 saturated heterocycles. The molecule has 1 aromatic carbocycles. The number of H-pyrrole nitrogens is 1. The van der Waals surface area contributed by atoms with Crippen molar-refractivity contribution < 1.29 is 4.79 Å². The smallest absolute Gasteiger partial charge is 0.262 e. The molecule has 154 valence electrons. The molecule has 0 saturated carbocycles. The average Bonchev–Trinajstić information content (AvgIpc) is 3.34. The molecule has 0 aliphatic rings. The maximum atomic E-state index is 12.4. The van der Waals surface area contributed by atoms with Crippen LogP contribution in [-0.4, -0.2) is 41.6 Å². The van der Waals surface area contributed by atoms with Gasteiger partial charge < -0.3 is 4.98 Å². The summed E-state index contributed by atoms with van der Waals surface area (Å²) in [5, 5.41) is 17.2. The number of benzene rings is 1. The minimum atomic E-state index is -0.302. The fourth-order valence-electron chi connectivity index (χ4n) is 2.59. The van der Waals surface area contributed by atoms with Crippen LogP contribution in [-0.2, 0) is 10.2 Å². The van der Waals surface area contributed by atoms with Crippen molar-refractivity contribution in [3.8, 4) is 5.69 Å². The zero-order chi connectivity index (χ0) is 21.3. The third kappa shape index (κ3) is 4.26. The second kappa shape index (κ2) is 8.00. The minimum absolute atomic E-state index is 0.0678. The summed E-state index contributed by atoms with van der Waals surface area (Å²) in [6, 6.07) is 9.42. The monoisotopic (exact) mass is 441 g/mol. The van der Waals surface area contributed by atoms with Crippen LogP contribution in [0.1, 0.15) is 25.8 Å². The van der Waals surface area contributed by atoms with E-state index >= 15 is 0 Å². The highest BCUT2D eigenvalue weighted by molar-refractivity contribution is 7.99. The van der Waals surface area contributed by atoms with Gasteiger partial charge in [-0.2, -0.15) is 5.10 Å². The van der Waals surface area contributed by atoms with E-state index in [1.54, 1.807) is 4.68 Å². The Bertz CT molecular complexity index is 1260. The van der Waals surface area contributed by atoms with Crippen molar-refractivity contribution in [1.29, 1.82) is 0 Å². The van der Waals surface area contributed by atoms with Crippen LogP contribution < -0.4 is 10.9 Å². The molecule has 0 aliphatic carbocycles. The SMILES string of the molecule is CC(C)(C)c1nnc(NC(=O)CSc2nc3c(cnn3-c3ccccc3)c(=O)[nH]2)s1. The number of para-hydroxylation sites is 1. The molecule has 30 heavy (non-hydrogen) atoms.